The predicted octanol–water partition coefficient (Wildman–Crippen LogP) is 3.18. The van der Waals surface area contributed by atoms with Crippen molar-refractivity contribution in [2.45, 2.75) is 45.9 Å². The zero-order chi connectivity index (χ0) is 15.8. The molecule has 1 N–H and O–H groups in total. The lowest BCUT2D eigenvalue weighted by Gasteiger charge is -2.26. The van der Waals surface area contributed by atoms with Gasteiger partial charge in [-0.3, -0.25) is 0 Å². The van der Waals surface area contributed by atoms with E-state index in [0.29, 0.717) is 0 Å². The zero-order valence-electron chi connectivity index (χ0n) is 13.4. The van der Waals surface area contributed by atoms with Crippen molar-refractivity contribution in [2.24, 2.45) is 0 Å². The quantitative estimate of drug-likeness (QED) is 0.785. The van der Waals surface area contributed by atoms with Gasteiger partial charge < -0.3 is 19.5 Å². The molecule has 2 unspecified atom stereocenters. The van der Waals surface area contributed by atoms with Gasteiger partial charge in [0.15, 0.2) is 0 Å². The van der Waals surface area contributed by atoms with Crippen LogP contribution in [0.2, 0.25) is 0 Å². The molecule has 21 heavy (non-hydrogen) atoms. The highest BCUT2D eigenvalue weighted by Crippen LogP contribution is 2.26. The van der Waals surface area contributed by atoms with Crippen LogP contribution in [-0.2, 0) is 14.2 Å². The van der Waals surface area contributed by atoms with E-state index >= 15 is 0 Å². The standard InChI is InChI=1S/C16H25NO4/c1-11(2)17-16(18)21-13(4)15(20-10-19-5)14-9-7-6-8-12(14)3/h6-9,11,13,15H,10H2,1-5H3,(H,17,18). The molecule has 0 saturated carbocycles. The molecule has 118 valence electrons. The molecular formula is C16H25NO4. The summed E-state index contributed by atoms with van der Waals surface area (Å²) >= 11 is 0. The first-order valence-electron chi connectivity index (χ1n) is 7.09. The molecule has 5 nitrogen and oxygen atoms in total. The molecule has 5 heteroatoms. The minimum absolute atomic E-state index is 0.0292. The van der Waals surface area contributed by atoms with E-state index in [0.717, 1.165) is 11.1 Å². The van der Waals surface area contributed by atoms with E-state index in [9.17, 15) is 4.79 Å². The van der Waals surface area contributed by atoms with Gasteiger partial charge in [-0.25, -0.2) is 4.79 Å². The highest BCUT2D eigenvalue weighted by Gasteiger charge is 2.25. The minimum Gasteiger partial charge on any atom is -0.443 e. The van der Waals surface area contributed by atoms with Crippen LogP contribution in [-0.4, -0.2) is 32.1 Å². The summed E-state index contributed by atoms with van der Waals surface area (Å²) in [6.45, 7) is 7.71. The number of benzene rings is 1. The van der Waals surface area contributed by atoms with E-state index in [1.54, 1.807) is 7.11 Å². The maximum atomic E-state index is 11.7. The molecule has 0 radical (unpaired) electrons. The molecule has 2 atom stereocenters. The summed E-state index contributed by atoms with van der Waals surface area (Å²) in [7, 11) is 1.56. The summed E-state index contributed by atoms with van der Waals surface area (Å²) in [6, 6.07) is 7.90. The lowest BCUT2D eigenvalue weighted by atomic mass is 10.00. The molecule has 0 spiro atoms. The fourth-order valence-corrected chi connectivity index (χ4v) is 2.03. The Hall–Kier alpha value is -1.59. The molecule has 0 aliphatic heterocycles. The van der Waals surface area contributed by atoms with Gasteiger partial charge in [0, 0.05) is 13.2 Å². The first-order valence-corrected chi connectivity index (χ1v) is 7.09. The second-order valence-corrected chi connectivity index (χ2v) is 5.26. The molecule has 0 aliphatic carbocycles. The number of amides is 1. The lowest BCUT2D eigenvalue weighted by molar-refractivity contribution is -0.112. The van der Waals surface area contributed by atoms with Crippen molar-refractivity contribution in [1.29, 1.82) is 0 Å². The van der Waals surface area contributed by atoms with Crippen molar-refractivity contribution in [3.8, 4) is 0 Å². The van der Waals surface area contributed by atoms with Crippen LogP contribution in [0.1, 0.15) is 38.0 Å². The smallest absolute Gasteiger partial charge is 0.407 e. The van der Waals surface area contributed by atoms with Gasteiger partial charge in [0.25, 0.3) is 0 Å². The number of alkyl carbamates (subject to hydrolysis) is 1. The van der Waals surface area contributed by atoms with Crippen molar-refractivity contribution in [2.75, 3.05) is 13.9 Å². The zero-order valence-corrected chi connectivity index (χ0v) is 13.4. The molecule has 1 amide bonds. The average molecular weight is 295 g/mol. The molecule has 0 fully saturated rings. The fraction of sp³-hybridized carbons (Fsp3) is 0.562. The van der Waals surface area contributed by atoms with Crippen molar-refractivity contribution in [1.82, 2.24) is 5.32 Å². The number of ether oxygens (including phenoxy) is 3. The second-order valence-electron chi connectivity index (χ2n) is 5.26. The van der Waals surface area contributed by atoms with E-state index in [4.69, 9.17) is 14.2 Å². The van der Waals surface area contributed by atoms with Crippen LogP contribution in [0, 0.1) is 6.92 Å². The molecule has 1 aromatic rings. The van der Waals surface area contributed by atoms with E-state index in [1.807, 2.05) is 52.0 Å². The lowest BCUT2D eigenvalue weighted by Crippen LogP contribution is -2.35. The average Bonchev–Trinajstić information content (AvgIpc) is 2.40. The van der Waals surface area contributed by atoms with Crippen LogP contribution in [0.25, 0.3) is 0 Å². The van der Waals surface area contributed by atoms with E-state index in [2.05, 4.69) is 5.32 Å². The third-order valence-corrected chi connectivity index (χ3v) is 2.99. The molecule has 0 aliphatic rings. The van der Waals surface area contributed by atoms with Crippen LogP contribution in [0.5, 0.6) is 0 Å². The Bertz CT molecular complexity index is 448. The van der Waals surface area contributed by atoms with Crippen LogP contribution >= 0.6 is 0 Å². The second kappa shape index (κ2) is 8.64. The highest BCUT2D eigenvalue weighted by molar-refractivity contribution is 5.67. The topological polar surface area (TPSA) is 56.8 Å². The van der Waals surface area contributed by atoms with Gasteiger partial charge in [-0.2, -0.15) is 0 Å². The number of carbonyl (C=O) groups excluding carboxylic acids is 1. The molecule has 1 rings (SSSR count). The number of nitrogens with one attached hydrogen (secondary N) is 1. The Morgan fingerprint density at radius 3 is 2.48 bits per heavy atom. The molecule has 1 aromatic carbocycles. The van der Waals surface area contributed by atoms with Gasteiger partial charge in [0.05, 0.1) is 0 Å². The van der Waals surface area contributed by atoms with Gasteiger partial charge in [-0.05, 0) is 38.8 Å². The summed E-state index contributed by atoms with van der Waals surface area (Å²) in [5, 5.41) is 2.70. The molecule has 0 heterocycles. The van der Waals surface area contributed by atoms with Crippen LogP contribution in [0.4, 0.5) is 4.79 Å². The monoisotopic (exact) mass is 295 g/mol. The number of methoxy groups -OCH3 is 1. The Morgan fingerprint density at radius 2 is 1.90 bits per heavy atom. The fourth-order valence-electron chi connectivity index (χ4n) is 2.03. The Balaban J connectivity index is 2.82. The van der Waals surface area contributed by atoms with E-state index < -0.39 is 12.2 Å². The molecule has 0 saturated heterocycles. The first-order chi connectivity index (χ1) is 9.95. The van der Waals surface area contributed by atoms with Crippen molar-refractivity contribution in [3.05, 3.63) is 35.4 Å². The third kappa shape index (κ3) is 5.73. The third-order valence-electron chi connectivity index (χ3n) is 2.99. The van der Waals surface area contributed by atoms with Crippen molar-refractivity contribution < 1.29 is 19.0 Å². The van der Waals surface area contributed by atoms with Gasteiger partial charge in [0.1, 0.15) is 19.0 Å². The number of hydrogen-bond donors (Lipinski definition) is 1. The van der Waals surface area contributed by atoms with E-state index in [1.165, 1.54) is 0 Å². The van der Waals surface area contributed by atoms with Gasteiger partial charge in [0.2, 0.25) is 0 Å². The number of hydrogen-bond acceptors (Lipinski definition) is 4. The summed E-state index contributed by atoms with van der Waals surface area (Å²) in [4.78, 5) is 11.7. The number of aryl methyl sites for hydroxylation is 1. The number of carbonyl (C=O) groups is 1. The molecule has 0 bridgehead atoms. The molecular weight excluding hydrogens is 270 g/mol. The van der Waals surface area contributed by atoms with Gasteiger partial charge >= 0.3 is 6.09 Å². The van der Waals surface area contributed by atoms with Crippen LogP contribution in [0.3, 0.4) is 0 Å². The summed E-state index contributed by atoms with van der Waals surface area (Å²) in [5.74, 6) is 0. The van der Waals surface area contributed by atoms with E-state index in [-0.39, 0.29) is 18.9 Å². The summed E-state index contributed by atoms with van der Waals surface area (Å²) in [6.07, 6.45) is -1.25. The van der Waals surface area contributed by atoms with Crippen LogP contribution in [0.15, 0.2) is 24.3 Å². The minimum atomic E-state index is -0.447. The summed E-state index contributed by atoms with van der Waals surface area (Å²) < 4.78 is 16.1. The van der Waals surface area contributed by atoms with Gasteiger partial charge in [-0.15, -0.1) is 0 Å². The van der Waals surface area contributed by atoms with Gasteiger partial charge in [-0.1, -0.05) is 24.3 Å². The SMILES string of the molecule is COCOC(c1ccccc1C)C(C)OC(=O)NC(C)C. The predicted molar refractivity (Wildman–Crippen MR) is 81.1 cm³/mol. The largest absolute Gasteiger partial charge is 0.443 e. The maximum Gasteiger partial charge on any atom is 0.407 e. The van der Waals surface area contributed by atoms with Crippen molar-refractivity contribution >= 4 is 6.09 Å². The summed E-state index contributed by atoms with van der Waals surface area (Å²) in [5.41, 5.74) is 2.07. The number of rotatable bonds is 7. The first kappa shape index (κ1) is 17.5. The Kier molecular flexibility index (Phi) is 7.19. The van der Waals surface area contributed by atoms with Crippen LogP contribution < -0.4 is 5.32 Å². The Morgan fingerprint density at radius 1 is 1.24 bits per heavy atom. The Labute approximate surface area is 126 Å². The molecule has 0 aromatic heterocycles. The van der Waals surface area contributed by atoms with Crippen molar-refractivity contribution in [3.63, 3.8) is 0 Å². The highest BCUT2D eigenvalue weighted by atomic mass is 16.7. The normalized spacial score (nSPS) is 13.8. The maximum absolute atomic E-state index is 11.7.